The zero-order valence-corrected chi connectivity index (χ0v) is 18.4. The van der Waals surface area contributed by atoms with Crippen LogP contribution in [0.3, 0.4) is 0 Å². The van der Waals surface area contributed by atoms with Crippen LogP contribution in [-0.2, 0) is 11.8 Å². The van der Waals surface area contributed by atoms with Crippen molar-refractivity contribution < 1.29 is 22.3 Å². The number of hydrogen-bond donors (Lipinski definition) is 0. The van der Waals surface area contributed by atoms with Crippen LogP contribution in [0.4, 0.5) is 17.6 Å². The van der Waals surface area contributed by atoms with E-state index in [1.807, 2.05) is 58.0 Å². The molecule has 1 aliphatic rings. The lowest BCUT2D eigenvalue weighted by Crippen LogP contribution is -2.33. The van der Waals surface area contributed by atoms with Gasteiger partial charge in [0.25, 0.3) is 0 Å². The zero-order valence-electron chi connectivity index (χ0n) is 18.4. The van der Waals surface area contributed by atoms with E-state index in [2.05, 4.69) is 4.74 Å². The van der Waals surface area contributed by atoms with Crippen LogP contribution in [-0.4, -0.2) is 12.5 Å². The Morgan fingerprint density at radius 2 is 1.37 bits per heavy atom. The third kappa shape index (κ3) is 8.76. The van der Waals surface area contributed by atoms with Crippen molar-refractivity contribution in [2.24, 2.45) is 0 Å². The molecule has 0 aromatic heterocycles. The topological polar surface area (TPSA) is 9.23 Å². The molecule has 0 radical (unpaired) electrons. The second kappa shape index (κ2) is 12.6. The zero-order chi connectivity index (χ0) is 22.6. The van der Waals surface area contributed by atoms with E-state index in [0.29, 0.717) is 6.42 Å². The molecule has 1 fully saturated rings. The summed E-state index contributed by atoms with van der Waals surface area (Å²) >= 11 is 0. The number of halogens is 4. The Bertz CT molecular complexity index is 702. The summed E-state index contributed by atoms with van der Waals surface area (Å²) in [7, 11) is 0. The molecule has 3 rings (SSSR count). The lowest BCUT2D eigenvalue weighted by atomic mass is 9.79. The molecule has 1 nitrogen and oxygen atoms in total. The Labute approximate surface area is 178 Å². The predicted molar refractivity (Wildman–Crippen MR) is 116 cm³/mol. The summed E-state index contributed by atoms with van der Waals surface area (Å²) in [6, 6.07) is 15.7. The molecule has 0 aliphatic heterocycles. The van der Waals surface area contributed by atoms with Crippen LogP contribution in [0.2, 0.25) is 0 Å². The molecular weight excluding hydrogens is 392 g/mol. The average molecular weight is 427 g/mol. The number of hydrogen-bond acceptors (Lipinski definition) is 1. The van der Waals surface area contributed by atoms with Crippen molar-refractivity contribution in [1.29, 1.82) is 0 Å². The second-order valence-electron chi connectivity index (χ2n) is 7.81. The smallest absolute Gasteiger partial charge is 0.428 e. The molecule has 0 bridgehead atoms. The average Bonchev–Trinajstić information content (AvgIpc) is 3.30. The second-order valence-corrected chi connectivity index (χ2v) is 7.81. The fourth-order valence-electron chi connectivity index (χ4n) is 3.27. The summed E-state index contributed by atoms with van der Waals surface area (Å²) in [6.07, 6.45) is -0.187. The molecule has 0 spiro atoms. The van der Waals surface area contributed by atoms with Gasteiger partial charge in [0.2, 0.25) is 0 Å². The van der Waals surface area contributed by atoms with E-state index in [1.54, 1.807) is 6.07 Å². The van der Waals surface area contributed by atoms with Gasteiger partial charge in [-0.05, 0) is 35.1 Å². The molecule has 0 saturated heterocycles. The number of alkyl halides is 4. The Morgan fingerprint density at radius 3 is 1.87 bits per heavy atom. The molecule has 0 unspecified atom stereocenters. The largest absolute Gasteiger partial charge is 0.461 e. The highest BCUT2D eigenvalue weighted by atomic mass is 19.3. The molecule has 5 heteroatoms. The van der Waals surface area contributed by atoms with Crippen molar-refractivity contribution in [1.82, 2.24) is 0 Å². The minimum Gasteiger partial charge on any atom is -0.428 e. The van der Waals surface area contributed by atoms with Crippen LogP contribution >= 0.6 is 0 Å². The minimum atomic E-state index is -4.50. The van der Waals surface area contributed by atoms with Crippen LogP contribution < -0.4 is 4.74 Å². The van der Waals surface area contributed by atoms with Gasteiger partial charge in [-0.2, -0.15) is 17.6 Å². The number of rotatable bonds is 6. The third-order valence-electron chi connectivity index (χ3n) is 4.86. The Kier molecular flexibility index (Phi) is 10.9. The standard InChI is InChI=1S/C18H18F4O.C5H10.C2H6/c1-17(2,12-13-7-4-3-5-8-13)14-9-6-10-15(11-14)23-18(21,22)16(19)20;1-2-4-5-3-1;1-2/h3-11,16H,12H2,1-2H3;1-5H2;1-2H3. The predicted octanol–water partition coefficient (Wildman–Crippen LogP) is 8.42. The fraction of sp³-hybridized carbons (Fsp3) is 0.520. The first-order valence-electron chi connectivity index (χ1n) is 10.7. The quantitative estimate of drug-likeness (QED) is 0.421. The highest BCUT2D eigenvalue weighted by Gasteiger charge is 2.44. The van der Waals surface area contributed by atoms with Crippen molar-refractivity contribution in [3.63, 3.8) is 0 Å². The molecule has 2 aromatic carbocycles. The molecular formula is C25H34F4O. The highest BCUT2D eigenvalue weighted by Crippen LogP contribution is 2.33. The van der Waals surface area contributed by atoms with Crippen molar-refractivity contribution in [3.8, 4) is 5.75 Å². The van der Waals surface area contributed by atoms with Gasteiger partial charge in [-0.1, -0.05) is 102 Å². The molecule has 0 N–H and O–H groups in total. The lowest BCUT2D eigenvalue weighted by molar-refractivity contribution is -0.253. The Balaban J connectivity index is 0.000000550. The summed E-state index contributed by atoms with van der Waals surface area (Å²) in [4.78, 5) is 0. The van der Waals surface area contributed by atoms with Gasteiger partial charge >= 0.3 is 12.5 Å². The first-order chi connectivity index (χ1) is 14.2. The molecule has 1 saturated carbocycles. The summed E-state index contributed by atoms with van der Waals surface area (Å²) < 4.78 is 54.7. The van der Waals surface area contributed by atoms with Gasteiger partial charge in [0.05, 0.1) is 0 Å². The van der Waals surface area contributed by atoms with Gasteiger partial charge in [-0.15, -0.1) is 0 Å². The van der Waals surface area contributed by atoms with Crippen LogP contribution in [0.5, 0.6) is 5.75 Å². The molecule has 30 heavy (non-hydrogen) atoms. The van der Waals surface area contributed by atoms with E-state index in [0.717, 1.165) is 11.1 Å². The maximum absolute atomic E-state index is 13.0. The summed E-state index contributed by atoms with van der Waals surface area (Å²) in [6.45, 7) is 7.93. The molecule has 2 aromatic rings. The maximum atomic E-state index is 13.0. The number of benzene rings is 2. The van der Waals surface area contributed by atoms with Crippen molar-refractivity contribution in [2.75, 3.05) is 0 Å². The monoisotopic (exact) mass is 426 g/mol. The van der Waals surface area contributed by atoms with Gasteiger partial charge in [-0.25, -0.2) is 0 Å². The summed E-state index contributed by atoms with van der Waals surface area (Å²) in [5.74, 6) is -0.270. The summed E-state index contributed by atoms with van der Waals surface area (Å²) in [5, 5.41) is 0. The number of ether oxygens (including phenoxy) is 1. The fourth-order valence-corrected chi connectivity index (χ4v) is 3.27. The van der Waals surface area contributed by atoms with Crippen molar-refractivity contribution in [2.45, 2.75) is 84.2 Å². The van der Waals surface area contributed by atoms with Gasteiger partial charge in [0, 0.05) is 0 Å². The summed E-state index contributed by atoms with van der Waals surface area (Å²) in [5.41, 5.74) is 1.48. The maximum Gasteiger partial charge on any atom is 0.461 e. The minimum absolute atomic E-state index is 0.270. The van der Waals surface area contributed by atoms with Crippen molar-refractivity contribution in [3.05, 3.63) is 65.7 Å². The SMILES string of the molecule is C1CCCC1.CC.CC(C)(Cc1ccccc1)c1cccc(OC(F)(F)C(F)F)c1. The van der Waals surface area contributed by atoms with E-state index >= 15 is 0 Å². The molecule has 168 valence electrons. The van der Waals surface area contributed by atoms with Gasteiger partial charge in [-0.3, -0.25) is 0 Å². The van der Waals surface area contributed by atoms with Crippen LogP contribution in [0, 0.1) is 0 Å². The molecule has 0 amide bonds. The molecule has 1 aliphatic carbocycles. The van der Waals surface area contributed by atoms with E-state index in [9.17, 15) is 17.6 Å². The van der Waals surface area contributed by atoms with Crippen LogP contribution in [0.15, 0.2) is 54.6 Å². The first kappa shape index (κ1) is 26.0. The van der Waals surface area contributed by atoms with Crippen LogP contribution in [0.1, 0.15) is 70.9 Å². The van der Waals surface area contributed by atoms with Gasteiger partial charge in [0.1, 0.15) is 5.75 Å². The normalized spacial score (nSPS) is 13.8. The van der Waals surface area contributed by atoms with E-state index in [4.69, 9.17) is 0 Å². The van der Waals surface area contributed by atoms with Crippen LogP contribution in [0.25, 0.3) is 0 Å². The third-order valence-corrected chi connectivity index (χ3v) is 4.86. The first-order valence-corrected chi connectivity index (χ1v) is 10.7. The van der Waals surface area contributed by atoms with Gasteiger partial charge < -0.3 is 4.74 Å². The molecule has 0 heterocycles. The Morgan fingerprint density at radius 1 is 0.833 bits per heavy atom. The highest BCUT2D eigenvalue weighted by molar-refractivity contribution is 5.35. The van der Waals surface area contributed by atoms with Gasteiger partial charge in [0.15, 0.2) is 0 Å². The van der Waals surface area contributed by atoms with E-state index in [1.165, 1.54) is 50.3 Å². The lowest BCUT2D eigenvalue weighted by Gasteiger charge is -2.26. The van der Waals surface area contributed by atoms with E-state index < -0.39 is 12.5 Å². The van der Waals surface area contributed by atoms with E-state index in [-0.39, 0.29) is 11.2 Å². The Hall–Kier alpha value is -2.04. The van der Waals surface area contributed by atoms with Crippen molar-refractivity contribution >= 4 is 0 Å². The molecule has 0 atom stereocenters.